The van der Waals surface area contributed by atoms with E-state index >= 15 is 0 Å². The molecule has 0 saturated carbocycles. The predicted molar refractivity (Wildman–Crippen MR) is 168 cm³/mol. The van der Waals surface area contributed by atoms with E-state index in [4.69, 9.17) is 14.7 Å². The maximum absolute atomic E-state index is 12.7. The van der Waals surface area contributed by atoms with Crippen molar-refractivity contribution < 1.29 is 14.6 Å². The van der Waals surface area contributed by atoms with Crippen LogP contribution in [0.1, 0.15) is 18.2 Å². The average Bonchev–Trinajstić information content (AvgIpc) is 2.95. The van der Waals surface area contributed by atoms with Crippen molar-refractivity contribution in [3.8, 4) is 11.8 Å². The number of phenolic OH excluding ortho intramolecular Hbond substituents is 1. The number of anilines is 2. The summed E-state index contributed by atoms with van der Waals surface area (Å²) in [6.07, 6.45) is 4.29. The van der Waals surface area contributed by atoms with E-state index in [1.54, 1.807) is 12.1 Å². The van der Waals surface area contributed by atoms with Crippen LogP contribution in [0.25, 0.3) is 10.8 Å². The number of phenols is 1. The minimum atomic E-state index is -0.0796. The molecule has 1 fully saturated rings. The highest BCUT2D eigenvalue weighted by Crippen LogP contribution is 2.36. The number of aromatic nitrogens is 2. The summed E-state index contributed by atoms with van der Waals surface area (Å²) < 4.78 is 6.25. The molecule has 42 heavy (non-hydrogen) atoms. The Kier molecular flexibility index (Phi) is 9.13. The number of piperazine rings is 1. The van der Waals surface area contributed by atoms with Crippen LogP contribution in [-0.4, -0.2) is 116 Å². The number of likely N-dealkylation sites (N-methyl/N-ethyl adjacent to an activating group) is 2. The normalized spacial score (nSPS) is 16.5. The zero-order valence-electron chi connectivity index (χ0n) is 25.5. The van der Waals surface area contributed by atoms with Crippen LogP contribution in [0.3, 0.4) is 0 Å². The second kappa shape index (κ2) is 13.0. The van der Waals surface area contributed by atoms with Gasteiger partial charge in [0.25, 0.3) is 0 Å². The Morgan fingerprint density at radius 1 is 1.02 bits per heavy atom. The van der Waals surface area contributed by atoms with Crippen molar-refractivity contribution in [2.24, 2.45) is 0 Å². The van der Waals surface area contributed by atoms with E-state index in [2.05, 4.69) is 20.8 Å². The smallest absolute Gasteiger partial charge is 0.318 e. The molecule has 3 heterocycles. The Labute approximate surface area is 248 Å². The number of hydrogen-bond donors (Lipinski definition) is 1. The third kappa shape index (κ3) is 6.94. The minimum Gasteiger partial charge on any atom is -0.508 e. The van der Waals surface area contributed by atoms with E-state index in [-0.39, 0.29) is 17.8 Å². The van der Waals surface area contributed by atoms with Crippen molar-refractivity contribution in [2.75, 3.05) is 83.8 Å². The fourth-order valence-electron chi connectivity index (χ4n) is 5.78. The van der Waals surface area contributed by atoms with Gasteiger partial charge < -0.3 is 34.3 Å². The third-order valence-electron chi connectivity index (χ3n) is 7.74. The van der Waals surface area contributed by atoms with E-state index in [1.807, 2.05) is 75.3 Å². The quantitative estimate of drug-likeness (QED) is 0.388. The molecule has 10 heteroatoms. The molecule has 10 nitrogen and oxygen atoms in total. The zero-order valence-corrected chi connectivity index (χ0v) is 25.5. The first-order valence-electron chi connectivity index (χ1n) is 14.7. The molecular formula is C32H43N7O3. The molecule has 1 aromatic heterocycles. The lowest BCUT2D eigenvalue weighted by atomic mass is 10.0. The molecule has 0 spiro atoms. The van der Waals surface area contributed by atoms with Gasteiger partial charge in [0.05, 0.1) is 12.2 Å². The van der Waals surface area contributed by atoms with Crippen LogP contribution in [0.15, 0.2) is 48.6 Å². The molecule has 2 aliphatic rings. The Balaban J connectivity index is 1.41. The van der Waals surface area contributed by atoms with Gasteiger partial charge in [-0.3, -0.25) is 4.79 Å². The first-order chi connectivity index (χ1) is 20.2. The highest BCUT2D eigenvalue weighted by Gasteiger charge is 2.29. The average molecular weight is 574 g/mol. The second-order valence-electron chi connectivity index (χ2n) is 11.8. The van der Waals surface area contributed by atoms with Gasteiger partial charge in [-0.05, 0) is 53.0 Å². The van der Waals surface area contributed by atoms with E-state index in [1.165, 1.54) is 0 Å². The summed E-state index contributed by atoms with van der Waals surface area (Å²) in [5.74, 6) is 1.21. The van der Waals surface area contributed by atoms with Crippen LogP contribution in [-0.2, 0) is 17.8 Å². The van der Waals surface area contributed by atoms with Crippen LogP contribution in [0, 0.1) is 0 Å². The molecule has 1 amide bonds. The van der Waals surface area contributed by atoms with Crippen molar-refractivity contribution in [3.63, 3.8) is 0 Å². The molecular weight excluding hydrogens is 530 g/mol. The van der Waals surface area contributed by atoms with Crippen LogP contribution in [0.5, 0.6) is 11.8 Å². The summed E-state index contributed by atoms with van der Waals surface area (Å²) in [7, 11) is 8.01. The van der Waals surface area contributed by atoms with Gasteiger partial charge in [-0.2, -0.15) is 9.97 Å². The lowest BCUT2D eigenvalue weighted by molar-refractivity contribution is -0.126. The van der Waals surface area contributed by atoms with E-state index in [9.17, 15) is 9.90 Å². The summed E-state index contributed by atoms with van der Waals surface area (Å²) in [6.45, 7) is 7.56. The monoisotopic (exact) mass is 573 g/mol. The zero-order chi connectivity index (χ0) is 29.8. The van der Waals surface area contributed by atoms with Gasteiger partial charge in [0, 0.05) is 74.6 Å². The number of benzene rings is 2. The number of ether oxygens (including phenoxy) is 1. The molecule has 3 aromatic rings. The van der Waals surface area contributed by atoms with Crippen molar-refractivity contribution in [2.45, 2.75) is 26.0 Å². The van der Waals surface area contributed by atoms with Gasteiger partial charge in [-0.1, -0.05) is 30.3 Å². The largest absolute Gasteiger partial charge is 0.508 e. The maximum atomic E-state index is 12.7. The van der Waals surface area contributed by atoms with E-state index in [0.29, 0.717) is 38.7 Å². The lowest BCUT2D eigenvalue weighted by Gasteiger charge is -2.38. The van der Waals surface area contributed by atoms with Crippen molar-refractivity contribution >= 4 is 28.2 Å². The summed E-state index contributed by atoms with van der Waals surface area (Å²) >= 11 is 0. The summed E-state index contributed by atoms with van der Waals surface area (Å²) in [5.41, 5.74) is 3.07. The maximum Gasteiger partial charge on any atom is 0.318 e. The number of fused-ring (bicyclic) bond motifs is 2. The standard InChI is InChI=1S/C32H43N7O3/c1-23(21-36(4)5)42-32-33-28-22-39(29-20-25(40)19-24-9-6-7-10-26(24)29)14-12-27(28)31(34-32)38-17-15-37(16-18-38)30(41)11-8-13-35(2)3/h6-11,19-20,23,40H,12-18,21-22H2,1-5H3. The molecule has 224 valence electrons. The Hall–Kier alpha value is -3.89. The van der Waals surface area contributed by atoms with E-state index in [0.717, 1.165) is 59.6 Å². The second-order valence-corrected chi connectivity index (χ2v) is 11.8. The molecule has 5 rings (SSSR count). The lowest BCUT2D eigenvalue weighted by Crippen LogP contribution is -2.49. The molecule has 2 aliphatic heterocycles. The Bertz CT molecular complexity index is 1430. The molecule has 0 aliphatic carbocycles. The number of aromatic hydroxyl groups is 1. The van der Waals surface area contributed by atoms with Gasteiger partial charge in [-0.25, -0.2) is 0 Å². The molecule has 1 atom stereocenters. The molecule has 1 unspecified atom stereocenters. The summed E-state index contributed by atoms with van der Waals surface area (Å²) in [5, 5.41) is 12.6. The SMILES string of the molecule is CC(CN(C)C)Oc1nc2c(c(N3CCN(C(=O)C=CCN(C)C)CC3)n1)CCN(c1cc(O)cc3ccccc13)C2. The van der Waals surface area contributed by atoms with E-state index < -0.39 is 0 Å². The summed E-state index contributed by atoms with van der Waals surface area (Å²) in [4.78, 5) is 33.2. The fraction of sp³-hybridized carbons (Fsp3) is 0.469. The topological polar surface area (TPSA) is 88.5 Å². The highest BCUT2D eigenvalue weighted by atomic mass is 16.5. The number of carbonyl (C=O) groups is 1. The third-order valence-corrected chi connectivity index (χ3v) is 7.74. The number of amides is 1. The molecule has 0 radical (unpaired) electrons. The highest BCUT2D eigenvalue weighted by molar-refractivity contribution is 5.95. The number of nitrogens with zero attached hydrogens (tertiary/aromatic N) is 7. The van der Waals surface area contributed by atoms with Gasteiger partial charge in [0.15, 0.2) is 0 Å². The van der Waals surface area contributed by atoms with Crippen LogP contribution >= 0.6 is 0 Å². The first-order valence-corrected chi connectivity index (χ1v) is 14.7. The minimum absolute atomic E-state index is 0.0525. The van der Waals surface area contributed by atoms with Crippen LogP contribution < -0.4 is 14.5 Å². The van der Waals surface area contributed by atoms with Gasteiger partial charge in [-0.15, -0.1) is 0 Å². The number of carbonyl (C=O) groups excluding carboxylic acids is 1. The molecule has 0 bridgehead atoms. The van der Waals surface area contributed by atoms with Crippen molar-refractivity contribution in [3.05, 3.63) is 59.8 Å². The fourth-order valence-corrected chi connectivity index (χ4v) is 5.78. The molecule has 1 saturated heterocycles. The molecule has 2 aromatic carbocycles. The Morgan fingerprint density at radius 3 is 2.52 bits per heavy atom. The van der Waals surface area contributed by atoms with Gasteiger partial charge >= 0.3 is 6.01 Å². The predicted octanol–water partition coefficient (Wildman–Crippen LogP) is 2.99. The number of rotatable bonds is 9. The van der Waals surface area contributed by atoms with Crippen LogP contribution in [0.2, 0.25) is 0 Å². The van der Waals surface area contributed by atoms with Gasteiger partial charge in [0.1, 0.15) is 17.7 Å². The van der Waals surface area contributed by atoms with Crippen LogP contribution in [0.4, 0.5) is 11.5 Å². The Morgan fingerprint density at radius 2 is 1.79 bits per heavy atom. The molecule has 1 N–H and O–H groups in total. The first kappa shape index (κ1) is 29.6. The van der Waals surface area contributed by atoms with Gasteiger partial charge in [0.2, 0.25) is 5.91 Å². The summed E-state index contributed by atoms with van der Waals surface area (Å²) in [6, 6.07) is 12.2. The number of hydrogen-bond acceptors (Lipinski definition) is 9. The van der Waals surface area contributed by atoms with Crippen molar-refractivity contribution in [1.82, 2.24) is 24.7 Å². The van der Waals surface area contributed by atoms with Crippen molar-refractivity contribution in [1.29, 1.82) is 0 Å².